The summed E-state index contributed by atoms with van der Waals surface area (Å²) in [5.41, 5.74) is 6.96. The molecule has 0 aliphatic carbocycles. The number of hydrogen-bond donors (Lipinski definition) is 1. The standard InChI is InChI=1S/C19H18ClN5O2/c20-15-5-1-3-12(9-15)18-23-19(27-24-18)13-6-7-16(22-10-13)25-8-2-4-14(11-25)17(21)26/h1,3,5-7,9-10,14H,2,4,8,11H2,(H2,21,26)/t14-/m1/s1. The van der Waals surface area contributed by atoms with Crippen molar-refractivity contribution < 1.29 is 9.32 Å². The molecule has 0 bridgehead atoms. The molecule has 2 N–H and O–H groups in total. The minimum atomic E-state index is -0.254. The fourth-order valence-electron chi connectivity index (χ4n) is 3.20. The fourth-order valence-corrected chi connectivity index (χ4v) is 3.39. The molecule has 3 aromatic rings. The van der Waals surface area contributed by atoms with Crippen LogP contribution in [0.1, 0.15) is 12.8 Å². The van der Waals surface area contributed by atoms with Crippen molar-refractivity contribution in [3.63, 3.8) is 0 Å². The van der Waals surface area contributed by atoms with Crippen LogP contribution in [0.15, 0.2) is 47.1 Å². The lowest BCUT2D eigenvalue weighted by atomic mass is 9.97. The van der Waals surface area contributed by atoms with Crippen LogP contribution in [-0.4, -0.2) is 34.1 Å². The third-order valence-electron chi connectivity index (χ3n) is 4.65. The van der Waals surface area contributed by atoms with E-state index < -0.39 is 0 Å². The lowest BCUT2D eigenvalue weighted by molar-refractivity contribution is -0.122. The number of primary amides is 1. The molecule has 138 valence electrons. The van der Waals surface area contributed by atoms with Gasteiger partial charge >= 0.3 is 0 Å². The summed E-state index contributed by atoms with van der Waals surface area (Å²) in [7, 11) is 0. The van der Waals surface area contributed by atoms with E-state index in [-0.39, 0.29) is 11.8 Å². The molecule has 7 nitrogen and oxygen atoms in total. The maximum Gasteiger partial charge on any atom is 0.259 e. The molecule has 3 heterocycles. The molecular weight excluding hydrogens is 366 g/mol. The van der Waals surface area contributed by atoms with Gasteiger partial charge in [-0.2, -0.15) is 4.98 Å². The Labute approximate surface area is 161 Å². The summed E-state index contributed by atoms with van der Waals surface area (Å²) >= 11 is 6.01. The van der Waals surface area contributed by atoms with Crippen LogP contribution in [0.25, 0.3) is 22.8 Å². The maximum absolute atomic E-state index is 11.4. The summed E-state index contributed by atoms with van der Waals surface area (Å²) in [6.45, 7) is 1.46. The van der Waals surface area contributed by atoms with Crippen LogP contribution < -0.4 is 10.6 Å². The van der Waals surface area contributed by atoms with Crippen molar-refractivity contribution in [2.24, 2.45) is 11.7 Å². The third-order valence-corrected chi connectivity index (χ3v) is 4.89. The zero-order valence-corrected chi connectivity index (χ0v) is 15.3. The number of carbonyl (C=O) groups excluding carboxylic acids is 1. The average Bonchev–Trinajstić information content (AvgIpc) is 3.18. The molecule has 1 aliphatic rings. The molecule has 2 aromatic heterocycles. The van der Waals surface area contributed by atoms with Gasteiger partial charge in [-0.3, -0.25) is 4.79 Å². The Morgan fingerprint density at radius 2 is 2.15 bits per heavy atom. The first kappa shape index (κ1) is 17.5. The molecule has 1 atom stereocenters. The molecule has 0 radical (unpaired) electrons. The smallest absolute Gasteiger partial charge is 0.259 e. The molecular formula is C19H18ClN5O2. The molecule has 1 aromatic carbocycles. The Balaban J connectivity index is 1.52. The quantitative estimate of drug-likeness (QED) is 0.743. The summed E-state index contributed by atoms with van der Waals surface area (Å²) in [6, 6.07) is 11.0. The van der Waals surface area contributed by atoms with E-state index in [0.29, 0.717) is 23.3 Å². The normalized spacial score (nSPS) is 17.1. The number of piperidine rings is 1. The monoisotopic (exact) mass is 383 g/mol. The molecule has 1 aliphatic heterocycles. The van der Waals surface area contributed by atoms with Gasteiger partial charge in [-0.25, -0.2) is 4.98 Å². The summed E-state index contributed by atoms with van der Waals surface area (Å²) in [6.07, 6.45) is 3.44. The highest BCUT2D eigenvalue weighted by molar-refractivity contribution is 6.30. The topological polar surface area (TPSA) is 98.1 Å². The minimum absolute atomic E-state index is 0.128. The lowest BCUT2D eigenvalue weighted by Crippen LogP contribution is -2.41. The summed E-state index contributed by atoms with van der Waals surface area (Å²) in [5, 5.41) is 4.62. The van der Waals surface area contributed by atoms with Crippen LogP contribution in [0.2, 0.25) is 5.02 Å². The Kier molecular flexibility index (Phi) is 4.77. The summed E-state index contributed by atoms with van der Waals surface area (Å²) in [4.78, 5) is 22.4. The maximum atomic E-state index is 11.4. The van der Waals surface area contributed by atoms with Crippen molar-refractivity contribution in [2.75, 3.05) is 18.0 Å². The van der Waals surface area contributed by atoms with Crippen molar-refractivity contribution in [3.05, 3.63) is 47.6 Å². The van der Waals surface area contributed by atoms with E-state index in [4.69, 9.17) is 21.9 Å². The van der Waals surface area contributed by atoms with Crippen molar-refractivity contribution in [2.45, 2.75) is 12.8 Å². The molecule has 1 fully saturated rings. The van der Waals surface area contributed by atoms with Gasteiger partial charge in [0.15, 0.2) is 0 Å². The second kappa shape index (κ2) is 7.36. The van der Waals surface area contributed by atoms with Gasteiger partial charge in [0.1, 0.15) is 5.82 Å². The van der Waals surface area contributed by atoms with Crippen molar-refractivity contribution >= 4 is 23.3 Å². The van der Waals surface area contributed by atoms with E-state index in [2.05, 4.69) is 20.0 Å². The van der Waals surface area contributed by atoms with Gasteiger partial charge < -0.3 is 15.2 Å². The van der Waals surface area contributed by atoms with E-state index in [9.17, 15) is 4.79 Å². The van der Waals surface area contributed by atoms with E-state index in [1.165, 1.54) is 0 Å². The van der Waals surface area contributed by atoms with E-state index in [1.807, 2.05) is 24.3 Å². The number of benzene rings is 1. The predicted octanol–water partition coefficient (Wildman–Crippen LogP) is 3.15. The number of halogens is 1. The first-order valence-electron chi connectivity index (χ1n) is 8.70. The average molecular weight is 384 g/mol. The van der Waals surface area contributed by atoms with E-state index >= 15 is 0 Å². The van der Waals surface area contributed by atoms with Gasteiger partial charge in [0.25, 0.3) is 5.89 Å². The van der Waals surface area contributed by atoms with Crippen LogP contribution in [0, 0.1) is 5.92 Å². The van der Waals surface area contributed by atoms with Crippen LogP contribution in [0.4, 0.5) is 5.82 Å². The Hall–Kier alpha value is -2.93. The number of pyridine rings is 1. The summed E-state index contributed by atoms with van der Waals surface area (Å²) in [5.74, 6) is 1.28. The third kappa shape index (κ3) is 3.78. The van der Waals surface area contributed by atoms with Gasteiger partial charge in [0, 0.05) is 29.9 Å². The van der Waals surface area contributed by atoms with Crippen molar-refractivity contribution in [3.8, 4) is 22.8 Å². The van der Waals surface area contributed by atoms with Gasteiger partial charge in [0.05, 0.1) is 11.5 Å². The number of nitrogens with two attached hydrogens (primary N) is 1. The molecule has 0 unspecified atom stereocenters. The first-order chi connectivity index (χ1) is 13.1. The molecule has 8 heteroatoms. The minimum Gasteiger partial charge on any atom is -0.369 e. The van der Waals surface area contributed by atoms with Crippen molar-refractivity contribution in [1.29, 1.82) is 0 Å². The van der Waals surface area contributed by atoms with Gasteiger partial charge in [-0.05, 0) is 37.1 Å². The van der Waals surface area contributed by atoms with Gasteiger partial charge in [-0.1, -0.05) is 28.9 Å². The molecule has 1 saturated heterocycles. The number of carbonyl (C=O) groups is 1. The van der Waals surface area contributed by atoms with Crippen LogP contribution in [0.5, 0.6) is 0 Å². The number of anilines is 1. The molecule has 27 heavy (non-hydrogen) atoms. The zero-order chi connectivity index (χ0) is 18.8. The fraction of sp³-hybridized carbons (Fsp3) is 0.263. The number of nitrogens with zero attached hydrogens (tertiary/aromatic N) is 4. The number of rotatable bonds is 4. The zero-order valence-electron chi connectivity index (χ0n) is 14.5. The van der Waals surface area contributed by atoms with Crippen molar-refractivity contribution in [1.82, 2.24) is 15.1 Å². The van der Waals surface area contributed by atoms with Crippen LogP contribution in [0.3, 0.4) is 0 Å². The summed E-state index contributed by atoms with van der Waals surface area (Å²) < 4.78 is 5.36. The van der Waals surface area contributed by atoms with Gasteiger partial charge in [-0.15, -0.1) is 0 Å². The Bertz CT molecular complexity index is 957. The molecule has 1 amide bonds. The highest BCUT2D eigenvalue weighted by Crippen LogP contribution is 2.26. The molecule has 0 spiro atoms. The van der Waals surface area contributed by atoms with Gasteiger partial charge in [0.2, 0.25) is 11.7 Å². The largest absolute Gasteiger partial charge is 0.369 e. The Morgan fingerprint density at radius 3 is 2.89 bits per heavy atom. The highest BCUT2D eigenvalue weighted by atomic mass is 35.5. The predicted molar refractivity (Wildman–Crippen MR) is 102 cm³/mol. The number of aromatic nitrogens is 3. The highest BCUT2D eigenvalue weighted by Gasteiger charge is 2.24. The molecule has 4 rings (SSSR count). The van der Waals surface area contributed by atoms with E-state index in [0.717, 1.165) is 36.3 Å². The number of amides is 1. The van der Waals surface area contributed by atoms with Crippen LogP contribution >= 0.6 is 11.6 Å². The first-order valence-corrected chi connectivity index (χ1v) is 9.08. The molecule has 0 saturated carbocycles. The number of hydrogen-bond acceptors (Lipinski definition) is 6. The second-order valence-corrected chi connectivity index (χ2v) is 6.96. The Morgan fingerprint density at radius 1 is 1.26 bits per heavy atom. The second-order valence-electron chi connectivity index (χ2n) is 6.53. The SMILES string of the molecule is NC(=O)[C@@H]1CCCN(c2ccc(-c3nc(-c4cccc(Cl)c4)no3)cn2)C1. The van der Waals surface area contributed by atoms with E-state index in [1.54, 1.807) is 18.3 Å². The lowest BCUT2D eigenvalue weighted by Gasteiger charge is -2.32. The van der Waals surface area contributed by atoms with Crippen LogP contribution in [-0.2, 0) is 4.79 Å².